The Morgan fingerprint density at radius 3 is 2.44 bits per heavy atom. The van der Waals surface area contributed by atoms with Gasteiger partial charge in [0.1, 0.15) is 16.7 Å². The SMILES string of the molecule is Cc1ccccc1CC1S/C(=C(/C#N)C(=O)Nc2ccc(Cl)c(Cl)c2)N(c2ccccc2)C1=O. The van der Waals surface area contributed by atoms with E-state index in [4.69, 9.17) is 23.2 Å². The van der Waals surface area contributed by atoms with Crippen molar-refractivity contribution in [2.45, 2.75) is 18.6 Å². The van der Waals surface area contributed by atoms with Gasteiger partial charge in [0.05, 0.1) is 15.3 Å². The highest BCUT2D eigenvalue weighted by Crippen LogP contribution is 2.42. The summed E-state index contributed by atoms with van der Waals surface area (Å²) < 4.78 is 0. The maximum Gasteiger partial charge on any atom is 0.269 e. The van der Waals surface area contributed by atoms with Crippen molar-refractivity contribution in [3.8, 4) is 6.07 Å². The van der Waals surface area contributed by atoms with Gasteiger partial charge in [-0.1, -0.05) is 77.4 Å². The summed E-state index contributed by atoms with van der Waals surface area (Å²) in [5, 5.41) is 13.1. The Morgan fingerprint density at radius 2 is 1.76 bits per heavy atom. The minimum Gasteiger partial charge on any atom is -0.321 e. The van der Waals surface area contributed by atoms with Crippen LogP contribution in [0.3, 0.4) is 0 Å². The highest BCUT2D eigenvalue weighted by molar-refractivity contribution is 8.05. The van der Waals surface area contributed by atoms with Crippen LogP contribution in [-0.2, 0) is 16.0 Å². The van der Waals surface area contributed by atoms with Crippen LogP contribution in [0.5, 0.6) is 0 Å². The van der Waals surface area contributed by atoms with E-state index in [9.17, 15) is 14.9 Å². The quantitative estimate of drug-likeness (QED) is 0.321. The Morgan fingerprint density at radius 1 is 1.06 bits per heavy atom. The summed E-state index contributed by atoms with van der Waals surface area (Å²) >= 11 is 13.2. The van der Waals surface area contributed by atoms with E-state index in [1.54, 1.807) is 36.4 Å². The average Bonchev–Trinajstić information content (AvgIpc) is 3.14. The first-order valence-electron chi connectivity index (χ1n) is 10.4. The minimum absolute atomic E-state index is 0.152. The lowest BCUT2D eigenvalue weighted by atomic mass is 10.0. The summed E-state index contributed by atoms with van der Waals surface area (Å²) in [7, 11) is 0. The van der Waals surface area contributed by atoms with Gasteiger partial charge in [0.25, 0.3) is 5.91 Å². The molecule has 2 amide bonds. The van der Waals surface area contributed by atoms with Crippen LogP contribution in [0.2, 0.25) is 10.0 Å². The Labute approximate surface area is 212 Å². The molecule has 8 heteroatoms. The van der Waals surface area contributed by atoms with Crippen molar-refractivity contribution in [1.29, 1.82) is 5.26 Å². The van der Waals surface area contributed by atoms with Gasteiger partial charge in [-0.05, 0) is 54.8 Å². The highest BCUT2D eigenvalue weighted by atomic mass is 35.5. The predicted molar refractivity (Wildman–Crippen MR) is 138 cm³/mol. The van der Waals surface area contributed by atoms with E-state index in [0.29, 0.717) is 27.8 Å². The second-order valence-electron chi connectivity index (χ2n) is 7.62. The summed E-state index contributed by atoms with van der Waals surface area (Å²) in [6.45, 7) is 2.00. The lowest BCUT2D eigenvalue weighted by Crippen LogP contribution is -2.31. The smallest absolute Gasteiger partial charge is 0.269 e. The van der Waals surface area contributed by atoms with Gasteiger partial charge in [-0.15, -0.1) is 0 Å². The number of benzene rings is 3. The van der Waals surface area contributed by atoms with Crippen molar-refractivity contribution in [2.75, 3.05) is 10.2 Å². The van der Waals surface area contributed by atoms with Gasteiger partial charge in [0.15, 0.2) is 0 Å². The maximum atomic E-state index is 13.5. The first-order valence-corrected chi connectivity index (χ1v) is 12.0. The number of anilines is 2. The molecule has 0 bridgehead atoms. The third-order valence-electron chi connectivity index (χ3n) is 5.36. The Hall–Kier alpha value is -3.24. The number of carbonyl (C=O) groups is 2. The number of amides is 2. The largest absolute Gasteiger partial charge is 0.321 e. The van der Waals surface area contributed by atoms with Crippen molar-refractivity contribution < 1.29 is 9.59 Å². The van der Waals surface area contributed by atoms with E-state index < -0.39 is 11.2 Å². The zero-order chi connectivity index (χ0) is 24.2. The summed E-state index contributed by atoms with van der Waals surface area (Å²) in [4.78, 5) is 28.1. The molecule has 1 fully saturated rings. The van der Waals surface area contributed by atoms with Crippen LogP contribution in [0.1, 0.15) is 11.1 Å². The van der Waals surface area contributed by atoms with E-state index in [2.05, 4.69) is 5.32 Å². The van der Waals surface area contributed by atoms with Gasteiger partial charge in [0, 0.05) is 11.4 Å². The molecule has 5 nitrogen and oxygen atoms in total. The van der Waals surface area contributed by atoms with Crippen LogP contribution in [0.4, 0.5) is 11.4 Å². The molecule has 1 atom stereocenters. The molecule has 0 saturated carbocycles. The topological polar surface area (TPSA) is 73.2 Å². The van der Waals surface area contributed by atoms with Crippen LogP contribution < -0.4 is 10.2 Å². The van der Waals surface area contributed by atoms with Crippen LogP contribution in [0.15, 0.2) is 83.4 Å². The fraction of sp³-hybridized carbons (Fsp3) is 0.115. The third-order valence-corrected chi connectivity index (χ3v) is 7.37. The molecule has 0 radical (unpaired) electrons. The van der Waals surface area contributed by atoms with Gasteiger partial charge in [0.2, 0.25) is 5.91 Å². The number of nitriles is 1. The highest BCUT2D eigenvalue weighted by Gasteiger charge is 2.40. The number of nitrogens with one attached hydrogen (secondary N) is 1. The van der Waals surface area contributed by atoms with Gasteiger partial charge in [-0.25, -0.2) is 0 Å². The number of rotatable bonds is 5. The summed E-state index contributed by atoms with van der Waals surface area (Å²) in [6, 6.07) is 23.5. The number of aryl methyl sites for hydroxylation is 1. The van der Waals surface area contributed by atoms with Crippen LogP contribution in [0, 0.1) is 18.3 Å². The Bertz CT molecular complexity index is 1340. The molecular weight excluding hydrogens is 489 g/mol. The fourth-order valence-electron chi connectivity index (χ4n) is 3.61. The number of para-hydroxylation sites is 1. The lowest BCUT2D eigenvalue weighted by molar-refractivity contribution is -0.117. The van der Waals surface area contributed by atoms with Crippen LogP contribution in [-0.4, -0.2) is 17.1 Å². The number of thioether (sulfide) groups is 1. The number of hydrogen-bond acceptors (Lipinski definition) is 4. The molecule has 1 aliphatic rings. The fourth-order valence-corrected chi connectivity index (χ4v) is 5.20. The van der Waals surface area contributed by atoms with Crippen LogP contribution >= 0.6 is 35.0 Å². The first-order chi connectivity index (χ1) is 16.4. The molecule has 3 aromatic rings. The molecule has 170 valence electrons. The van der Waals surface area contributed by atoms with Gasteiger partial charge < -0.3 is 5.32 Å². The Balaban J connectivity index is 1.72. The van der Waals surface area contributed by atoms with Crippen molar-refractivity contribution in [3.05, 3.63) is 105 Å². The van der Waals surface area contributed by atoms with Gasteiger partial charge in [-0.3, -0.25) is 14.5 Å². The lowest BCUT2D eigenvalue weighted by Gasteiger charge is -2.18. The van der Waals surface area contributed by atoms with E-state index >= 15 is 0 Å². The maximum absolute atomic E-state index is 13.5. The normalized spacial score (nSPS) is 16.8. The van der Waals surface area contributed by atoms with E-state index in [-0.39, 0.29) is 16.5 Å². The second-order valence-corrected chi connectivity index (χ2v) is 9.63. The molecular formula is C26H19Cl2N3O2S. The van der Waals surface area contributed by atoms with Gasteiger partial charge in [-0.2, -0.15) is 5.26 Å². The summed E-state index contributed by atoms with van der Waals surface area (Å²) in [5.41, 5.74) is 2.96. The van der Waals surface area contributed by atoms with Crippen LogP contribution in [0.25, 0.3) is 0 Å². The molecule has 1 aliphatic heterocycles. The molecule has 1 unspecified atom stereocenters. The molecule has 34 heavy (non-hydrogen) atoms. The third kappa shape index (κ3) is 4.97. The van der Waals surface area contributed by atoms with E-state index in [0.717, 1.165) is 11.1 Å². The van der Waals surface area contributed by atoms with Crippen molar-refractivity contribution >= 4 is 58.2 Å². The molecule has 4 rings (SSSR count). The molecule has 1 heterocycles. The standard InChI is InChI=1S/C26H19Cl2N3O2S/c1-16-7-5-6-8-17(16)13-23-25(33)31(19-9-3-2-4-10-19)26(34-23)20(15-29)24(32)30-18-11-12-21(27)22(28)14-18/h2-12,14,23H,13H2,1H3,(H,30,32)/b26-20-. The van der Waals surface area contributed by atoms with E-state index in [1.807, 2.05) is 43.3 Å². The molecule has 1 N–H and O–H groups in total. The monoisotopic (exact) mass is 507 g/mol. The average molecular weight is 508 g/mol. The van der Waals surface area contributed by atoms with Crippen molar-refractivity contribution in [1.82, 2.24) is 0 Å². The molecule has 0 spiro atoms. The minimum atomic E-state index is -0.631. The number of halogens is 2. The Kier molecular flexibility index (Phi) is 7.28. The summed E-state index contributed by atoms with van der Waals surface area (Å²) in [6.07, 6.45) is 0.482. The van der Waals surface area contributed by atoms with Crippen molar-refractivity contribution in [2.24, 2.45) is 0 Å². The predicted octanol–water partition coefficient (Wildman–Crippen LogP) is 6.37. The zero-order valence-corrected chi connectivity index (χ0v) is 20.4. The molecule has 0 aromatic heterocycles. The van der Waals surface area contributed by atoms with Gasteiger partial charge >= 0.3 is 0 Å². The molecule has 0 aliphatic carbocycles. The number of carbonyl (C=O) groups excluding carboxylic acids is 2. The molecule has 3 aromatic carbocycles. The molecule has 1 saturated heterocycles. The zero-order valence-electron chi connectivity index (χ0n) is 18.1. The number of hydrogen-bond donors (Lipinski definition) is 1. The second kappa shape index (κ2) is 10.4. The summed E-state index contributed by atoms with van der Waals surface area (Å²) in [5.74, 6) is -0.807. The number of nitrogens with zero attached hydrogens (tertiary/aromatic N) is 2. The van der Waals surface area contributed by atoms with Crippen molar-refractivity contribution in [3.63, 3.8) is 0 Å². The first kappa shape index (κ1) is 23.9. The van der Waals surface area contributed by atoms with E-state index in [1.165, 1.54) is 22.7 Å².